The molecule has 6 heteroatoms. The molecule has 0 aliphatic carbocycles. The Balaban J connectivity index is 1.52. The van der Waals surface area contributed by atoms with Gasteiger partial charge in [0.1, 0.15) is 5.82 Å². The van der Waals surface area contributed by atoms with Crippen LogP contribution in [0, 0.1) is 0 Å². The Hall–Kier alpha value is -3.02. The number of para-hydroxylation sites is 4. The van der Waals surface area contributed by atoms with Crippen LogP contribution in [0.25, 0.3) is 11.0 Å². The van der Waals surface area contributed by atoms with Crippen LogP contribution in [-0.4, -0.2) is 29.1 Å². The maximum atomic E-state index is 12.0. The number of rotatable bonds is 7. The molecule has 3 rings (SSSR count). The molecule has 124 valence electrons. The van der Waals surface area contributed by atoms with Crippen LogP contribution in [0.5, 0.6) is 11.5 Å². The number of hydrogen-bond donors (Lipinski definition) is 2. The second-order valence-corrected chi connectivity index (χ2v) is 5.15. The summed E-state index contributed by atoms with van der Waals surface area (Å²) in [6.45, 7) is 2.68. The highest BCUT2D eigenvalue weighted by Gasteiger charge is 2.08. The lowest BCUT2D eigenvalue weighted by Crippen LogP contribution is -2.28. The van der Waals surface area contributed by atoms with Gasteiger partial charge in [0.15, 0.2) is 18.1 Å². The summed E-state index contributed by atoms with van der Waals surface area (Å²) in [5.74, 6) is 1.67. The fraction of sp³-hybridized carbons (Fsp3) is 0.222. The number of fused-ring (bicyclic) bond motifs is 1. The van der Waals surface area contributed by atoms with E-state index in [0.717, 1.165) is 11.0 Å². The van der Waals surface area contributed by atoms with Gasteiger partial charge in [-0.3, -0.25) is 4.79 Å². The molecule has 0 saturated carbocycles. The average Bonchev–Trinajstić information content (AvgIpc) is 3.02. The number of nitrogens with one attached hydrogen (secondary N) is 2. The Kier molecular flexibility index (Phi) is 4.96. The van der Waals surface area contributed by atoms with Crippen LogP contribution < -0.4 is 14.8 Å². The van der Waals surface area contributed by atoms with E-state index in [1.807, 2.05) is 49.4 Å². The van der Waals surface area contributed by atoms with Crippen molar-refractivity contribution < 1.29 is 14.3 Å². The first-order valence-electron chi connectivity index (χ1n) is 7.81. The molecule has 0 spiro atoms. The molecule has 0 aliphatic heterocycles. The summed E-state index contributed by atoms with van der Waals surface area (Å²) in [4.78, 5) is 19.5. The highest BCUT2D eigenvalue weighted by Crippen LogP contribution is 2.26. The largest absolute Gasteiger partial charge is 0.490 e. The number of ether oxygens (including phenoxy) is 2. The van der Waals surface area contributed by atoms with Gasteiger partial charge in [0.25, 0.3) is 5.91 Å². The van der Waals surface area contributed by atoms with E-state index in [2.05, 4.69) is 15.3 Å². The predicted molar refractivity (Wildman–Crippen MR) is 91.0 cm³/mol. The highest BCUT2D eigenvalue weighted by molar-refractivity contribution is 5.78. The Labute approximate surface area is 139 Å². The summed E-state index contributed by atoms with van der Waals surface area (Å²) in [7, 11) is 0. The molecule has 6 nitrogen and oxygen atoms in total. The monoisotopic (exact) mass is 325 g/mol. The molecule has 3 aromatic rings. The zero-order chi connectivity index (χ0) is 16.8. The van der Waals surface area contributed by atoms with E-state index in [4.69, 9.17) is 9.47 Å². The van der Waals surface area contributed by atoms with Gasteiger partial charge in [-0.05, 0) is 31.2 Å². The van der Waals surface area contributed by atoms with Crippen molar-refractivity contribution in [2.75, 3.05) is 13.2 Å². The van der Waals surface area contributed by atoms with Crippen LogP contribution in [0.3, 0.4) is 0 Å². The molecule has 1 aromatic heterocycles. The molecule has 0 bridgehead atoms. The number of aromatic amines is 1. The first-order valence-corrected chi connectivity index (χ1v) is 7.81. The standard InChI is InChI=1S/C18H19N3O3/c1-2-23-15-9-5-6-10-16(15)24-12-18(22)19-11-17-20-13-7-3-4-8-14(13)21-17/h3-10H,2,11-12H2,1H3,(H,19,22)(H,20,21). The van der Waals surface area contributed by atoms with E-state index in [9.17, 15) is 4.79 Å². The average molecular weight is 325 g/mol. The smallest absolute Gasteiger partial charge is 0.258 e. The maximum absolute atomic E-state index is 12.0. The lowest BCUT2D eigenvalue weighted by molar-refractivity contribution is -0.123. The lowest BCUT2D eigenvalue weighted by Gasteiger charge is -2.11. The van der Waals surface area contributed by atoms with Crippen LogP contribution in [0.15, 0.2) is 48.5 Å². The molecule has 0 radical (unpaired) electrons. The van der Waals surface area contributed by atoms with Gasteiger partial charge in [-0.15, -0.1) is 0 Å². The van der Waals surface area contributed by atoms with Crippen molar-refractivity contribution in [3.8, 4) is 11.5 Å². The summed E-state index contributed by atoms with van der Waals surface area (Å²) < 4.78 is 11.0. The van der Waals surface area contributed by atoms with E-state index in [-0.39, 0.29) is 12.5 Å². The van der Waals surface area contributed by atoms with E-state index < -0.39 is 0 Å². The zero-order valence-corrected chi connectivity index (χ0v) is 13.4. The molecule has 0 unspecified atom stereocenters. The van der Waals surface area contributed by atoms with Gasteiger partial charge in [-0.2, -0.15) is 0 Å². The Bertz CT molecular complexity index is 796. The highest BCUT2D eigenvalue weighted by atomic mass is 16.5. The van der Waals surface area contributed by atoms with Gasteiger partial charge in [0, 0.05) is 0 Å². The minimum atomic E-state index is -0.221. The fourth-order valence-corrected chi connectivity index (χ4v) is 2.31. The maximum Gasteiger partial charge on any atom is 0.258 e. The third-order valence-corrected chi connectivity index (χ3v) is 3.40. The number of nitrogens with zero attached hydrogens (tertiary/aromatic N) is 1. The topological polar surface area (TPSA) is 76.2 Å². The molecular weight excluding hydrogens is 306 g/mol. The van der Waals surface area contributed by atoms with Gasteiger partial charge < -0.3 is 19.8 Å². The molecule has 0 aliphatic rings. The molecule has 0 saturated heterocycles. The van der Waals surface area contributed by atoms with Crippen molar-refractivity contribution in [1.29, 1.82) is 0 Å². The van der Waals surface area contributed by atoms with Crippen LogP contribution in [-0.2, 0) is 11.3 Å². The number of carbonyl (C=O) groups excluding carboxylic acids is 1. The van der Waals surface area contributed by atoms with Crippen LogP contribution in [0.1, 0.15) is 12.7 Å². The minimum absolute atomic E-state index is 0.0791. The second kappa shape index (κ2) is 7.50. The fourth-order valence-electron chi connectivity index (χ4n) is 2.31. The third kappa shape index (κ3) is 3.84. The van der Waals surface area contributed by atoms with Crippen molar-refractivity contribution >= 4 is 16.9 Å². The van der Waals surface area contributed by atoms with Crippen LogP contribution in [0.4, 0.5) is 0 Å². The Morgan fingerprint density at radius 2 is 1.79 bits per heavy atom. The predicted octanol–water partition coefficient (Wildman–Crippen LogP) is 2.66. The summed E-state index contributed by atoms with van der Waals surface area (Å²) in [5.41, 5.74) is 1.83. The molecule has 0 atom stereocenters. The van der Waals surface area contributed by atoms with Gasteiger partial charge in [0.05, 0.1) is 24.2 Å². The van der Waals surface area contributed by atoms with Gasteiger partial charge in [-0.1, -0.05) is 24.3 Å². The molecule has 2 aromatic carbocycles. The number of aromatic nitrogens is 2. The van der Waals surface area contributed by atoms with Crippen molar-refractivity contribution in [2.24, 2.45) is 0 Å². The summed E-state index contributed by atoms with van der Waals surface area (Å²) >= 11 is 0. The number of imidazole rings is 1. The quantitative estimate of drug-likeness (QED) is 0.700. The SMILES string of the molecule is CCOc1ccccc1OCC(=O)NCc1nc2ccccc2[nH]1. The van der Waals surface area contributed by atoms with Crippen molar-refractivity contribution in [3.05, 3.63) is 54.4 Å². The number of H-pyrrole nitrogens is 1. The van der Waals surface area contributed by atoms with Gasteiger partial charge in [0.2, 0.25) is 0 Å². The Morgan fingerprint density at radius 3 is 2.54 bits per heavy atom. The zero-order valence-electron chi connectivity index (χ0n) is 13.4. The first kappa shape index (κ1) is 15.9. The molecule has 2 N–H and O–H groups in total. The van der Waals surface area contributed by atoms with E-state index in [1.165, 1.54) is 0 Å². The molecule has 24 heavy (non-hydrogen) atoms. The normalized spacial score (nSPS) is 10.5. The van der Waals surface area contributed by atoms with Crippen LogP contribution in [0.2, 0.25) is 0 Å². The minimum Gasteiger partial charge on any atom is -0.490 e. The lowest BCUT2D eigenvalue weighted by atomic mass is 10.3. The molecular formula is C18H19N3O3. The first-order chi connectivity index (χ1) is 11.8. The van der Waals surface area contributed by atoms with Crippen molar-refractivity contribution in [1.82, 2.24) is 15.3 Å². The van der Waals surface area contributed by atoms with Gasteiger partial charge >= 0.3 is 0 Å². The summed E-state index contributed by atoms with van der Waals surface area (Å²) in [5, 5.41) is 2.78. The van der Waals surface area contributed by atoms with E-state index in [1.54, 1.807) is 6.07 Å². The second-order valence-electron chi connectivity index (χ2n) is 5.15. The van der Waals surface area contributed by atoms with Gasteiger partial charge in [-0.25, -0.2) is 4.98 Å². The Morgan fingerprint density at radius 1 is 1.08 bits per heavy atom. The van der Waals surface area contributed by atoms with E-state index >= 15 is 0 Å². The third-order valence-electron chi connectivity index (χ3n) is 3.40. The number of benzene rings is 2. The van der Waals surface area contributed by atoms with Crippen molar-refractivity contribution in [3.63, 3.8) is 0 Å². The molecule has 0 fully saturated rings. The van der Waals surface area contributed by atoms with E-state index in [0.29, 0.717) is 30.5 Å². The number of hydrogen-bond acceptors (Lipinski definition) is 4. The molecule has 1 heterocycles. The molecule has 1 amide bonds. The number of amides is 1. The van der Waals surface area contributed by atoms with Crippen molar-refractivity contribution in [2.45, 2.75) is 13.5 Å². The van der Waals surface area contributed by atoms with Crippen LogP contribution >= 0.6 is 0 Å². The summed E-state index contributed by atoms with van der Waals surface area (Å²) in [6.07, 6.45) is 0. The number of carbonyl (C=O) groups is 1. The summed E-state index contributed by atoms with van der Waals surface area (Å²) in [6, 6.07) is 15.0.